The predicted molar refractivity (Wildman–Crippen MR) is 76.4 cm³/mol. The fourth-order valence-electron chi connectivity index (χ4n) is 1.96. The van der Waals surface area contributed by atoms with Gasteiger partial charge in [0.05, 0.1) is 9.75 Å². The van der Waals surface area contributed by atoms with Crippen molar-refractivity contribution >= 4 is 23.2 Å². The summed E-state index contributed by atoms with van der Waals surface area (Å²) in [5, 5.41) is 8.65. The molecule has 0 atom stereocenters. The van der Waals surface area contributed by atoms with Gasteiger partial charge in [-0.1, -0.05) is 11.8 Å². The van der Waals surface area contributed by atoms with E-state index in [1.165, 1.54) is 11.3 Å². The minimum Gasteiger partial charge on any atom is -0.384 e. The number of aliphatic hydroxyl groups excluding tert-OH is 1. The summed E-state index contributed by atoms with van der Waals surface area (Å²) in [6.45, 7) is 1.20. The molecule has 0 aliphatic carbocycles. The Balaban J connectivity index is 2.10. The molecule has 5 nitrogen and oxygen atoms in total. The number of hydrogen-bond acceptors (Lipinski definition) is 4. The first-order valence-corrected chi connectivity index (χ1v) is 7.16. The van der Waals surface area contributed by atoms with Gasteiger partial charge in [0.25, 0.3) is 5.91 Å². The van der Waals surface area contributed by atoms with Gasteiger partial charge in [-0.15, -0.1) is 11.3 Å². The van der Waals surface area contributed by atoms with Crippen molar-refractivity contribution in [3.63, 3.8) is 0 Å². The molecule has 0 saturated carbocycles. The van der Waals surface area contributed by atoms with E-state index in [1.54, 1.807) is 29.0 Å². The number of likely N-dealkylation sites (N-methyl/N-ethyl adjacent to an activating group) is 1. The van der Waals surface area contributed by atoms with Crippen LogP contribution in [-0.4, -0.2) is 60.0 Å². The molecule has 2 amide bonds. The van der Waals surface area contributed by atoms with Gasteiger partial charge in [-0.25, -0.2) is 0 Å². The number of carbonyl (C=O) groups excluding carboxylic acids is 2. The molecule has 1 N–H and O–H groups in total. The van der Waals surface area contributed by atoms with E-state index in [4.69, 9.17) is 5.11 Å². The Morgan fingerprint density at radius 3 is 3.00 bits per heavy atom. The van der Waals surface area contributed by atoms with Crippen LogP contribution in [0.1, 0.15) is 21.0 Å². The molecule has 1 aromatic heterocycles. The number of carbonyl (C=O) groups is 2. The molecule has 1 saturated heterocycles. The van der Waals surface area contributed by atoms with Gasteiger partial charge >= 0.3 is 0 Å². The van der Waals surface area contributed by atoms with Crippen LogP contribution in [-0.2, 0) is 4.79 Å². The second kappa shape index (κ2) is 6.55. The first-order valence-electron chi connectivity index (χ1n) is 6.34. The van der Waals surface area contributed by atoms with Crippen LogP contribution < -0.4 is 0 Å². The maximum Gasteiger partial charge on any atom is 0.264 e. The molecule has 1 fully saturated rings. The molecule has 0 spiro atoms. The van der Waals surface area contributed by atoms with E-state index < -0.39 is 0 Å². The summed E-state index contributed by atoms with van der Waals surface area (Å²) >= 11 is 1.28. The molecule has 0 radical (unpaired) electrons. The highest BCUT2D eigenvalue weighted by molar-refractivity contribution is 7.14. The molecular weight excluding hydrogens is 276 g/mol. The van der Waals surface area contributed by atoms with Crippen LogP contribution in [0, 0.1) is 11.8 Å². The molecule has 0 aromatic carbocycles. The number of thiophene rings is 1. The lowest BCUT2D eigenvalue weighted by Gasteiger charge is -2.18. The quantitative estimate of drug-likeness (QED) is 0.762. The molecule has 2 heterocycles. The van der Waals surface area contributed by atoms with Crippen LogP contribution in [0.15, 0.2) is 12.1 Å². The highest BCUT2D eigenvalue weighted by Crippen LogP contribution is 2.18. The number of amides is 2. The lowest BCUT2D eigenvalue weighted by Crippen LogP contribution is -2.37. The summed E-state index contributed by atoms with van der Waals surface area (Å²) in [5.41, 5.74) is 0. The van der Waals surface area contributed by atoms with Gasteiger partial charge in [-0.2, -0.15) is 0 Å². The van der Waals surface area contributed by atoms with E-state index in [1.807, 2.05) is 0 Å². The first kappa shape index (κ1) is 14.6. The Morgan fingerprint density at radius 1 is 1.45 bits per heavy atom. The largest absolute Gasteiger partial charge is 0.384 e. The van der Waals surface area contributed by atoms with Gasteiger partial charge in [0, 0.05) is 20.1 Å². The topological polar surface area (TPSA) is 60.9 Å². The predicted octanol–water partition coefficient (Wildman–Crippen LogP) is 0.396. The van der Waals surface area contributed by atoms with Crippen molar-refractivity contribution in [1.82, 2.24) is 9.80 Å². The van der Waals surface area contributed by atoms with Gasteiger partial charge in [-0.3, -0.25) is 9.59 Å². The number of rotatable bonds is 1. The molecule has 1 aromatic rings. The standard InChI is InChI=1S/C14H16N2O3S/c1-15-7-3-8-16(10-13(15)18)14(19)12-6-5-11(20-12)4-2-9-17/h5-6,17H,3,7-10H2,1H3. The monoisotopic (exact) mass is 292 g/mol. The van der Waals surface area contributed by atoms with Crippen LogP contribution >= 0.6 is 11.3 Å². The van der Waals surface area contributed by atoms with Crippen molar-refractivity contribution in [2.75, 3.05) is 33.3 Å². The van der Waals surface area contributed by atoms with Crippen LogP contribution in [0.2, 0.25) is 0 Å². The zero-order chi connectivity index (χ0) is 14.5. The fourth-order valence-corrected chi connectivity index (χ4v) is 2.81. The molecule has 0 unspecified atom stereocenters. The number of hydrogen-bond donors (Lipinski definition) is 1. The van der Waals surface area contributed by atoms with Crippen LogP contribution in [0.25, 0.3) is 0 Å². The molecule has 6 heteroatoms. The van der Waals surface area contributed by atoms with Gasteiger partial charge in [0.15, 0.2) is 0 Å². The summed E-state index contributed by atoms with van der Waals surface area (Å²) in [6.07, 6.45) is 0.788. The Labute approximate surface area is 121 Å². The minimum absolute atomic E-state index is 0.0345. The zero-order valence-corrected chi connectivity index (χ0v) is 12.1. The van der Waals surface area contributed by atoms with Crippen molar-refractivity contribution in [2.24, 2.45) is 0 Å². The summed E-state index contributed by atoms with van der Waals surface area (Å²) in [5.74, 6) is 5.16. The van der Waals surface area contributed by atoms with E-state index in [9.17, 15) is 9.59 Å². The molecular formula is C14H16N2O3S. The number of aliphatic hydroxyl groups is 1. The second-order valence-electron chi connectivity index (χ2n) is 4.52. The third-order valence-electron chi connectivity index (χ3n) is 3.07. The maximum atomic E-state index is 12.4. The van der Waals surface area contributed by atoms with Gasteiger partial charge in [0.1, 0.15) is 13.2 Å². The molecule has 106 valence electrons. The average molecular weight is 292 g/mol. The van der Waals surface area contributed by atoms with Gasteiger partial charge in [0.2, 0.25) is 5.91 Å². The highest BCUT2D eigenvalue weighted by Gasteiger charge is 2.24. The van der Waals surface area contributed by atoms with E-state index in [2.05, 4.69) is 11.8 Å². The smallest absolute Gasteiger partial charge is 0.264 e. The third-order valence-corrected chi connectivity index (χ3v) is 4.06. The number of nitrogens with zero attached hydrogens (tertiary/aromatic N) is 2. The van der Waals surface area contributed by atoms with E-state index in [-0.39, 0.29) is 25.0 Å². The summed E-state index contributed by atoms with van der Waals surface area (Å²) in [6, 6.07) is 3.47. The van der Waals surface area contributed by atoms with E-state index >= 15 is 0 Å². The summed E-state index contributed by atoms with van der Waals surface area (Å²) < 4.78 is 0. The Kier molecular flexibility index (Phi) is 4.77. The van der Waals surface area contributed by atoms with Gasteiger partial charge < -0.3 is 14.9 Å². The van der Waals surface area contributed by atoms with Crippen LogP contribution in [0.3, 0.4) is 0 Å². The normalized spacial score (nSPS) is 15.6. The lowest BCUT2D eigenvalue weighted by molar-refractivity contribution is -0.129. The molecule has 0 bridgehead atoms. The summed E-state index contributed by atoms with van der Waals surface area (Å²) in [4.78, 5) is 28.7. The van der Waals surface area contributed by atoms with Crippen LogP contribution in [0.4, 0.5) is 0 Å². The molecule has 1 aliphatic heterocycles. The van der Waals surface area contributed by atoms with Crippen molar-refractivity contribution in [3.05, 3.63) is 21.9 Å². The van der Waals surface area contributed by atoms with Crippen molar-refractivity contribution in [3.8, 4) is 11.8 Å². The second-order valence-corrected chi connectivity index (χ2v) is 5.60. The van der Waals surface area contributed by atoms with Gasteiger partial charge in [-0.05, 0) is 18.6 Å². The molecule has 2 rings (SSSR count). The van der Waals surface area contributed by atoms with E-state index in [0.717, 1.165) is 11.3 Å². The SMILES string of the molecule is CN1CCCN(C(=O)c2ccc(C#CCO)s2)CC1=O. The first-order chi connectivity index (χ1) is 9.61. The van der Waals surface area contributed by atoms with Crippen molar-refractivity contribution < 1.29 is 14.7 Å². The Bertz CT molecular complexity index is 570. The van der Waals surface area contributed by atoms with Crippen molar-refractivity contribution in [1.29, 1.82) is 0 Å². The minimum atomic E-state index is -0.200. The average Bonchev–Trinajstić information content (AvgIpc) is 2.84. The molecule has 1 aliphatic rings. The Morgan fingerprint density at radius 2 is 2.25 bits per heavy atom. The molecule has 20 heavy (non-hydrogen) atoms. The highest BCUT2D eigenvalue weighted by atomic mass is 32.1. The Hall–Kier alpha value is -1.84. The van der Waals surface area contributed by atoms with Crippen LogP contribution in [0.5, 0.6) is 0 Å². The maximum absolute atomic E-state index is 12.4. The van der Waals surface area contributed by atoms with E-state index in [0.29, 0.717) is 18.0 Å². The third kappa shape index (κ3) is 3.38. The van der Waals surface area contributed by atoms with Crippen molar-refractivity contribution in [2.45, 2.75) is 6.42 Å². The fraction of sp³-hybridized carbons (Fsp3) is 0.429. The lowest BCUT2D eigenvalue weighted by atomic mass is 10.3. The summed E-state index contributed by atoms with van der Waals surface area (Å²) in [7, 11) is 1.75. The zero-order valence-electron chi connectivity index (χ0n) is 11.3.